The average molecular weight is 99.1 g/mol. The third kappa shape index (κ3) is 0.994. The maximum atomic E-state index is 10.2. The van der Waals surface area contributed by atoms with Gasteiger partial charge in [0.1, 0.15) is 4.87 Å². The highest BCUT2D eigenvalue weighted by molar-refractivity contribution is 4.77. The van der Waals surface area contributed by atoms with Gasteiger partial charge in [0.05, 0.1) is 11.1 Å². The molecule has 3 heteroatoms. The number of nitroso groups, excluding NO2 is 1. The second kappa shape index (κ2) is 1.73. The van der Waals surface area contributed by atoms with Crippen LogP contribution in [-0.2, 0) is 0 Å². The molecule has 0 bridgehead atoms. The van der Waals surface area contributed by atoms with Crippen molar-refractivity contribution in [1.82, 2.24) is 5.43 Å². The fourth-order valence-electron chi connectivity index (χ4n) is 0.476. The highest BCUT2D eigenvalue weighted by Crippen LogP contribution is 1.86. The smallest absolute Gasteiger partial charge is 0.128 e. The number of nitrogens with zero attached hydrogens (tertiary/aromatic N) is 1. The van der Waals surface area contributed by atoms with E-state index in [4.69, 9.17) is 0 Å². The standard InChI is InChI=1S/C4H7N2O/c7-6-4-2-1-3-5-6/h1,3H,2,4H2,(H,5,7)/q+1. The summed E-state index contributed by atoms with van der Waals surface area (Å²) in [5.41, 5.74) is 2.48. The zero-order chi connectivity index (χ0) is 5.11. The molecule has 1 N–H and O–H groups in total. The van der Waals surface area contributed by atoms with Gasteiger partial charge in [-0.15, -0.1) is 5.43 Å². The second-order valence-corrected chi connectivity index (χ2v) is 1.42. The summed E-state index contributed by atoms with van der Waals surface area (Å²) in [5.74, 6) is 0. The van der Waals surface area contributed by atoms with Crippen LogP contribution in [0.1, 0.15) is 6.42 Å². The van der Waals surface area contributed by atoms with E-state index in [0.29, 0.717) is 6.54 Å². The van der Waals surface area contributed by atoms with Gasteiger partial charge in [0, 0.05) is 6.42 Å². The molecule has 0 aromatic heterocycles. The summed E-state index contributed by atoms with van der Waals surface area (Å²) in [5, 5.41) is 0. The normalized spacial score (nSPS) is 19.1. The molecule has 0 unspecified atom stereocenters. The lowest BCUT2D eigenvalue weighted by atomic mass is 10.4. The summed E-state index contributed by atoms with van der Waals surface area (Å²) in [6, 6.07) is 0. The van der Waals surface area contributed by atoms with E-state index in [-0.39, 0.29) is 0 Å². The van der Waals surface area contributed by atoms with E-state index in [0.717, 1.165) is 11.3 Å². The Kier molecular flexibility index (Phi) is 1.06. The van der Waals surface area contributed by atoms with Crippen molar-refractivity contribution in [3.63, 3.8) is 0 Å². The summed E-state index contributed by atoms with van der Waals surface area (Å²) < 4.78 is 0. The molecule has 1 rings (SSSR count). The highest BCUT2D eigenvalue weighted by Gasteiger charge is 2.05. The SMILES string of the molecule is O=[N+]1CCC=CN1. The van der Waals surface area contributed by atoms with Crippen LogP contribution in [-0.4, -0.2) is 11.4 Å². The Balaban J connectivity index is 2.47. The molecule has 0 atom stereocenters. The maximum Gasteiger partial charge on any atom is 0.229 e. The minimum absolute atomic E-state index is 0.566. The molecule has 0 saturated heterocycles. The van der Waals surface area contributed by atoms with E-state index >= 15 is 0 Å². The number of hydrogen-bond donors (Lipinski definition) is 1. The van der Waals surface area contributed by atoms with Gasteiger partial charge < -0.3 is 0 Å². The molecule has 1 aliphatic heterocycles. The quantitative estimate of drug-likeness (QED) is 0.439. The van der Waals surface area contributed by atoms with E-state index in [1.165, 1.54) is 0 Å². The van der Waals surface area contributed by atoms with Crippen molar-refractivity contribution >= 4 is 0 Å². The Hall–Kier alpha value is -0.860. The van der Waals surface area contributed by atoms with Gasteiger partial charge in [0.15, 0.2) is 0 Å². The van der Waals surface area contributed by atoms with Crippen LogP contribution in [0.15, 0.2) is 12.3 Å². The number of rotatable bonds is 0. The van der Waals surface area contributed by atoms with Crippen molar-refractivity contribution in [3.8, 4) is 0 Å². The van der Waals surface area contributed by atoms with Crippen molar-refractivity contribution in [2.75, 3.05) is 6.54 Å². The van der Waals surface area contributed by atoms with Crippen LogP contribution in [0.4, 0.5) is 0 Å². The molecule has 0 aromatic carbocycles. The first kappa shape index (κ1) is 4.30. The Labute approximate surface area is 41.6 Å². The fraction of sp³-hybridized carbons (Fsp3) is 0.500. The maximum absolute atomic E-state index is 10.2. The van der Waals surface area contributed by atoms with Crippen LogP contribution in [0, 0.1) is 4.91 Å². The largest absolute Gasteiger partial charge is 0.229 e. The molecule has 0 amide bonds. The lowest BCUT2D eigenvalue weighted by Crippen LogP contribution is -2.24. The van der Waals surface area contributed by atoms with Crippen LogP contribution >= 0.6 is 0 Å². The van der Waals surface area contributed by atoms with Gasteiger partial charge in [-0.3, -0.25) is 0 Å². The van der Waals surface area contributed by atoms with Crippen LogP contribution in [0.2, 0.25) is 0 Å². The number of nitrogens with one attached hydrogen (secondary N) is 1. The Bertz CT molecular complexity index is 108. The molecule has 0 aromatic rings. The third-order valence-corrected chi connectivity index (χ3v) is 0.835. The number of hydrogen-bond acceptors (Lipinski definition) is 1. The van der Waals surface area contributed by atoms with Crippen molar-refractivity contribution in [2.45, 2.75) is 6.42 Å². The zero-order valence-corrected chi connectivity index (χ0v) is 3.92. The number of hydrazine groups is 1. The highest BCUT2D eigenvalue weighted by atomic mass is 16.3. The van der Waals surface area contributed by atoms with Gasteiger partial charge in [0.25, 0.3) is 0 Å². The zero-order valence-electron chi connectivity index (χ0n) is 3.92. The van der Waals surface area contributed by atoms with E-state index in [1.807, 2.05) is 6.08 Å². The monoisotopic (exact) mass is 99.1 g/mol. The molecule has 3 nitrogen and oxygen atoms in total. The van der Waals surface area contributed by atoms with E-state index in [2.05, 4.69) is 5.43 Å². The predicted octanol–water partition coefficient (Wildman–Crippen LogP) is 0.187. The Morgan fingerprint density at radius 3 is 2.86 bits per heavy atom. The lowest BCUT2D eigenvalue weighted by molar-refractivity contribution is -0.599. The van der Waals surface area contributed by atoms with Gasteiger partial charge in [-0.25, -0.2) is 0 Å². The van der Waals surface area contributed by atoms with Gasteiger partial charge in [-0.2, -0.15) is 0 Å². The summed E-state index contributed by atoms with van der Waals surface area (Å²) in [6.45, 7) is 0.566. The van der Waals surface area contributed by atoms with E-state index < -0.39 is 0 Å². The van der Waals surface area contributed by atoms with Crippen LogP contribution in [0.5, 0.6) is 0 Å². The van der Waals surface area contributed by atoms with Crippen LogP contribution in [0.3, 0.4) is 0 Å². The van der Waals surface area contributed by atoms with Crippen molar-refractivity contribution in [2.24, 2.45) is 0 Å². The molecule has 0 saturated carbocycles. The Morgan fingerprint density at radius 1 is 1.71 bits per heavy atom. The first-order valence-electron chi connectivity index (χ1n) is 2.25. The van der Waals surface area contributed by atoms with Gasteiger partial charge in [-0.1, -0.05) is 6.08 Å². The molecular formula is C4H7N2O+. The third-order valence-electron chi connectivity index (χ3n) is 0.835. The molecule has 0 fully saturated rings. The van der Waals surface area contributed by atoms with E-state index in [9.17, 15) is 4.91 Å². The van der Waals surface area contributed by atoms with Gasteiger partial charge in [-0.05, 0) is 0 Å². The molecule has 38 valence electrons. The summed E-state index contributed by atoms with van der Waals surface area (Å²) in [6.07, 6.45) is 4.43. The fourth-order valence-corrected chi connectivity index (χ4v) is 0.476. The Morgan fingerprint density at radius 2 is 2.57 bits per heavy atom. The van der Waals surface area contributed by atoms with Crippen LogP contribution in [0.25, 0.3) is 0 Å². The molecule has 0 aliphatic carbocycles. The minimum Gasteiger partial charge on any atom is -0.128 e. The summed E-state index contributed by atoms with van der Waals surface area (Å²) in [7, 11) is 0. The van der Waals surface area contributed by atoms with Gasteiger partial charge in [0.2, 0.25) is 6.54 Å². The topological polar surface area (TPSA) is 32.1 Å². The molecule has 0 spiro atoms. The summed E-state index contributed by atoms with van der Waals surface area (Å²) >= 11 is 0. The van der Waals surface area contributed by atoms with Crippen LogP contribution < -0.4 is 5.43 Å². The van der Waals surface area contributed by atoms with E-state index in [1.54, 1.807) is 6.20 Å². The molecule has 7 heavy (non-hydrogen) atoms. The molecular weight excluding hydrogens is 92.1 g/mol. The molecule has 1 heterocycles. The predicted molar refractivity (Wildman–Crippen MR) is 25.4 cm³/mol. The first-order chi connectivity index (χ1) is 3.39. The first-order valence-corrected chi connectivity index (χ1v) is 2.25. The lowest BCUT2D eigenvalue weighted by Gasteiger charge is -1.92. The summed E-state index contributed by atoms with van der Waals surface area (Å²) in [4.78, 5) is 11.0. The second-order valence-electron chi connectivity index (χ2n) is 1.42. The molecule has 0 radical (unpaired) electrons. The average Bonchev–Trinajstić information content (AvgIpc) is 1.69. The van der Waals surface area contributed by atoms with Crippen molar-refractivity contribution < 1.29 is 4.87 Å². The van der Waals surface area contributed by atoms with Gasteiger partial charge >= 0.3 is 0 Å². The minimum atomic E-state index is 0.566. The van der Waals surface area contributed by atoms with Crippen molar-refractivity contribution in [1.29, 1.82) is 0 Å². The molecule has 1 aliphatic rings. The van der Waals surface area contributed by atoms with Crippen molar-refractivity contribution in [3.05, 3.63) is 17.2 Å².